The number of aliphatic hydroxyl groups is 1. The minimum Gasteiger partial charge on any atom is -0.385 e. The molecule has 1 saturated heterocycles. The van der Waals surface area contributed by atoms with Crippen molar-refractivity contribution in [2.24, 2.45) is 5.92 Å². The van der Waals surface area contributed by atoms with Crippen LogP contribution >= 0.6 is 0 Å². The molecule has 180 valence electrons. The maximum absolute atomic E-state index is 14.3. The van der Waals surface area contributed by atoms with Crippen LogP contribution in [0.4, 0.5) is 10.1 Å². The molecule has 3 heterocycles. The van der Waals surface area contributed by atoms with Gasteiger partial charge in [0, 0.05) is 32.0 Å². The van der Waals surface area contributed by atoms with E-state index in [9.17, 15) is 23.9 Å². The number of amides is 2. The highest BCUT2D eigenvalue weighted by molar-refractivity contribution is 6.04. The van der Waals surface area contributed by atoms with Crippen LogP contribution in [0, 0.1) is 11.7 Å². The van der Waals surface area contributed by atoms with Crippen LogP contribution in [-0.2, 0) is 4.79 Å². The Balaban J connectivity index is 1.30. The zero-order chi connectivity index (χ0) is 24.3. The van der Waals surface area contributed by atoms with Crippen LogP contribution in [0.2, 0.25) is 0 Å². The van der Waals surface area contributed by atoms with Gasteiger partial charge >= 0.3 is 0 Å². The Hall–Kier alpha value is -3.47. The van der Waals surface area contributed by atoms with E-state index in [2.05, 4.69) is 25.6 Å². The molecule has 0 bridgehead atoms. The Morgan fingerprint density at radius 1 is 1.15 bits per heavy atom. The van der Waals surface area contributed by atoms with Crippen LogP contribution in [0.1, 0.15) is 53.3 Å². The number of carbonyl (C=O) groups excluding carboxylic acids is 3. The molecule has 1 atom stereocenters. The van der Waals surface area contributed by atoms with E-state index in [1.165, 1.54) is 31.8 Å². The van der Waals surface area contributed by atoms with Gasteiger partial charge in [-0.25, -0.2) is 14.4 Å². The molecular weight excluding hydrogens is 443 g/mol. The predicted molar refractivity (Wildman–Crippen MR) is 120 cm³/mol. The molecule has 3 N–H and O–H groups in total. The standard InChI is InChI=1S/C23H27FN6O4/c1-14(31)20(32)19-17(24)11-25-12-18(19)30-6-2-15(3-7-30)8-28-22(34)23(4-5-23)29-21(33)16-9-26-13-27-10-16/h9-15,31H,2-8H2,1H3,(H,28,34)(H,29,33). The summed E-state index contributed by atoms with van der Waals surface area (Å²) in [4.78, 5) is 50.8. The highest BCUT2D eigenvalue weighted by Crippen LogP contribution is 2.36. The lowest BCUT2D eigenvalue weighted by molar-refractivity contribution is -0.124. The number of carbonyl (C=O) groups is 3. The minimum absolute atomic E-state index is 0.146. The zero-order valence-corrected chi connectivity index (χ0v) is 18.8. The van der Waals surface area contributed by atoms with Gasteiger partial charge in [0.2, 0.25) is 5.91 Å². The highest BCUT2D eigenvalue weighted by Gasteiger charge is 2.51. The average Bonchev–Trinajstić information content (AvgIpc) is 3.63. The first kappa shape index (κ1) is 23.7. The van der Waals surface area contributed by atoms with Crippen molar-refractivity contribution in [2.45, 2.75) is 44.2 Å². The molecule has 34 heavy (non-hydrogen) atoms. The summed E-state index contributed by atoms with van der Waals surface area (Å²) in [5.41, 5.74) is -0.365. The summed E-state index contributed by atoms with van der Waals surface area (Å²) < 4.78 is 14.3. The number of piperidine rings is 1. The maximum atomic E-state index is 14.3. The molecular formula is C23H27FN6O4. The Labute approximate surface area is 196 Å². The first-order valence-electron chi connectivity index (χ1n) is 11.3. The molecule has 1 aliphatic carbocycles. The van der Waals surface area contributed by atoms with Crippen molar-refractivity contribution in [3.63, 3.8) is 0 Å². The largest absolute Gasteiger partial charge is 0.385 e. The van der Waals surface area contributed by atoms with E-state index >= 15 is 0 Å². The molecule has 2 amide bonds. The predicted octanol–water partition coefficient (Wildman–Crippen LogP) is 0.869. The lowest BCUT2D eigenvalue weighted by atomic mass is 9.95. The Morgan fingerprint density at radius 3 is 2.44 bits per heavy atom. The van der Waals surface area contributed by atoms with Crippen molar-refractivity contribution in [1.29, 1.82) is 0 Å². The van der Waals surface area contributed by atoms with E-state index in [0.717, 1.165) is 19.0 Å². The number of hydrogen-bond donors (Lipinski definition) is 3. The molecule has 0 radical (unpaired) electrons. The van der Waals surface area contributed by atoms with E-state index in [-0.39, 0.29) is 23.3 Å². The lowest BCUT2D eigenvalue weighted by Crippen LogP contribution is -2.50. The van der Waals surface area contributed by atoms with Crippen LogP contribution < -0.4 is 15.5 Å². The molecule has 2 aromatic heterocycles. The average molecular weight is 471 g/mol. The number of nitrogens with one attached hydrogen (secondary N) is 2. The second kappa shape index (κ2) is 9.80. The third-order valence-electron chi connectivity index (χ3n) is 6.37. The van der Waals surface area contributed by atoms with Crippen LogP contribution in [0.3, 0.4) is 0 Å². The van der Waals surface area contributed by atoms with Gasteiger partial charge in [-0.3, -0.25) is 19.4 Å². The number of pyridine rings is 1. The van der Waals surface area contributed by atoms with Crippen molar-refractivity contribution in [3.8, 4) is 0 Å². The number of ketones is 1. The summed E-state index contributed by atoms with van der Waals surface area (Å²) >= 11 is 0. The second-order valence-electron chi connectivity index (χ2n) is 8.86. The van der Waals surface area contributed by atoms with E-state index in [1.807, 2.05) is 4.90 Å². The van der Waals surface area contributed by atoms with Crippen LogP contribution in [0.15, 0.2) is 31.1 Å². The molecule has 0 aromatic carbocycles. The van der Waals surface area contributed by atoms with Gasteiger partial charge in [-0.05, 0) is 38.5 Å². The number of aromatic nitrogens is 3. The van der Waals surface area contributed by atoms with Crippen LogP contribution in [0.5, 0.6) is 0 Å². The van der Waals surface area contributed by atoms with E-state index in [1.54, 1.807) is 0 Å². The molecule has 4 rings (SSSR count). The highest BCUT2D eigenvalue weighted by atomic mass is 19.1. The van der Waals surface area contributed by atoms with Gasteiger partial charge < -0.3 is 20.6 Å². The van der Waals surface area contributed by atoms with Crippen LogP contribution in [0.25, 0.3) is 0 Å². The topological polar surface area (TPSA) is 137 Å². The van der Waals surface area contributed by atoms with Crippen molar-refractivity contribution in [3.05, 3.63) is 48.1 Å². The second-order valence-corrected chi connectivity index (χ2v) is 8.86. The maximum Gasteiger partial charge on any atom is 0.255 e. The van der Waals surface area contributed by atoms with Crippen molar-refractivity contribution < 1.29 is 23.9 Å². The Morgan fingerprint density at radius 2 is 1.82 bits per heavy atom. The van der Waals surface area contributed by atoms with Crippen molar-refractivity contribution in [2.75, 3.05) is 24.5 Å². The molecule has 2 aromatic rings. The summed E-state index contributed by atoms with van der Waals surface area (Å²) in [6, 6.07) is 0. The van der Waals surface area contributed by atoms with Gasteiger partial charge in [0.05, 0.1) is 29.2 Å². The van der Waals surface area contributed by atoms with Crippen molar-refractivity contribution in [1.82, 2.24) is 25.6 Å². The minimum atomic E-state index is -1.31. The van der Waals surface area contributed by atoms with Gasteiger partial charge in [-0.1, -0.05) is 0 Å². The van der Waals surface area contributed by atoms with E-state index < -0.39 is 23.2 Å². The smallest absolute Gasteiger partial charge is 0.255 e. The molecule has 1 aliphatic heterocycles. The Kier molecular flexibility index (Phi) is 6.82. The molecule has 0 spiro atoms. The molecule has 2 fully saturated rings. The lowest BCUT2D eigenvalue weighted by Gasteiger charge is -2.34. The third-order valence-corrected chi connectivity index (χ3v) is 6.37. The number of rotatable bonds is 8. The molecule has 1 saturated carbocycles. The molecule has 11 heteroatoms. The first-order valence-corrected chi connectivity index (χ1v) is 11.3. The Bertz CT molecular complexity index is 1070. The molecule has 10 nitrogen and oxygen atoms in total. The third kappa shape index (κ3) is 5.04. The summed E-state index contributed by atoms with van der Waals surface area (Å²) in [6.45, 7) is 2.88. The zero-order valence-electron chi connectivity index (χ0n) is 18.8. The van der Waals surface area contributed by atoms with Crippen molar-refractivity contribution >= 4 is 23.3 Å². The van der Waals surface area contributed by atoms with Gasteiger partial charge in [0.15, 0.2) is 11.6 Å². The normalized spacial score (nSPS) is 18.1. The fraction of sp³-hybridized carbons (Fsp3) is 0.478. The van der Waals surface area contributed by atoms with Gasteiger partial charge in [-0.2, -0.15) is 0 Å². The summed E-state index contributed by atoms with van der Waals surface area (Å²) in [7, 11) is 0. The number of anilines is 1. The number of hydrogen-bond acceptors (Lipinski definition) is 8. The number of Topliss-reactive ketones (excluding diaryl/α,β-unsaturated/α-hetero) is 1. The fourth-order valence-corrected chi connectivity index (χ4v) is 4.14. The van der Waals surface area contributed by atoms with Gasteiger partial charge in [0.1, 0.15) is 18.0 Å². The monoisotopic (exact) mass is 470 g/mol. The number of nitrogens with zero attached hydrogens (tertiary/aromatic N) is 4. The van der Waals surface area contributed by atoms with E-state index in [0.29, 0.717) is 43.7 Å². The SMILES string of the molecule is CC(O)C(=O)c1c(F)cncc1N1CCC(CNC(=O)C2(NC(=O)c3cncnc3)CC2)CC1. The molecule has 1 unspecified atom stereocenters. The summed E-state index contributed by atoms with van der Waals surface area (Å²) in [5, 5.41) is 15.4. The molecule has 2 aliphatic rings. The first-order chi connectivity index (χ1) is 16.3. The van der Waals surface area contributed by atoms with Crippen LogP contribution in [-0.4, -0.2) is 68.9 Å². The van der Waals surface area contributed by atoms with Gasteiger partial charge in [0.25, 0.3) is 5.91 Å². The fourth-order valence-electron chi connectivity index (χ4n) is 4.14. The number of halogens is 1. The summed E-state index contributed by atoms with van der Waals surface area (Å²) in [5.74, 6) is -1.82. The van der Waals surface area contributed by atoms with Gasteiger partial charge in [-0.15, -0.1) is 0 Å². The number of aliphatic hydroxyl groups excluding tert-OH is 1. The van der Waals surface area contributed by atoms with E-state index in [4.69, 9.17) is 0 Å². The summed E-state index contributed by atoms with van der Waals surface area (Å²) in [6.07, 6.45) is 7.83. The quantitative estimate of drug-likeness (QED) is 0.484.